The summed E-state index contributed by atoms with van der Waals surface area (Å²) in [5, 5.41) is 8.85. The Labute approximate surface area is 164 Å². The van der Waals surface area contributed by atoms with Crippen molar-refractivity contribution in [2.75, 3.05) is 6.61 Å². The molecule has 0 heterocycles. The van der Waals surface area contributed by atoms with Crippen molar-refractivity contribution in [1.29, 1.82) is 0 Å². The summed E-state index contributed by atoms with van der Waals surface area (Å²) < 4.78 is 5.64. The number of aromatic carboxylic acids is 1. The predicted octanol–water partition coefficient (Wildman–Crippen LogP) is 6.33. The lowest BCUT2D eigenvalue weighted by molar-refractivity contribution is 0.0697. The van der Waals surface area contributed by atoms with Gasteiger partial charge in [-0.2, -0.15) is 0 Å². The quantitative estimate of drug-likeness (QED) is 0.304. The van der Waals surface area contributed by atoms with E-state index in [0.717, 1.165) is 18.6 Å². The molecule has 0 fully saturated rings. The maximum absolute atomic E-state index is 10.8. The molecule has 1 N–H and O–H groups in total. The maximum Gasteiger partial charge on any atom is 0.335 e. The molecule has 0 amide bonds. The highest BCUT2D eigenvalue weighted by atomic mass is 16.5. The lowest BCUT2D eigenvalue weighted by atomic mass is 10.0. The third kappa shape index (κ3) is 13.0. The molecule has 0 aliphatic carbocycles. The molecule has 0 spiro atoms. The van der Waals surface area contributed by atoms with Crippen molar-refractivity contribution in [1.82, 2.24) is 0 Å². The Morgan fingerprint density at radius 2 is 1.19 bits per heavy atom. The molecule has 0 aromatic heterocycles. The molecule has 1 rings (SSSR count). The average molecular weight is 376 g/mol. The van der Waals surface area contributed by atoms with Gasteiger partial charge in [-0.05, 0) is 37.1 Å². The summed E-state index contributed by atoms with van der Waals surface area (Å²) >= 11 is 0. The van der Waals surface area contributed by atoms with Gasteiger partial charge in [-0.1, -0.05) is 70.6 Å². The smallest absolute Gasteiger partial charge is 0.335 e. The van der Waals surface area contributed by atoms with Crippen LogP contribution in [0.25, 0.3) is 0 Å². The highest BCUT2D eigenvalue weighted by molar-refractivity contribution is 5.87. The van der Waals surface area contributed by atoms with Gasteiger partial charge in [-0.25, -0.2) is 4.79 Å². The monoisotopic (exact) mass is 375 g/mol. The highest BCUT2D eigenvalue weighted by Crippen LogP contribution is 2.15. The largest absolute Gasteiger partial charge is 0.494 e. The summed E-state index contributed by atoms with van der Waals surface area (Å²) in [5.74, 6) is -0.173. The van der Waals surface area contributed by atoms with E-state index >= 15 is 0 Å². The molecule has 1 aromatic rings. The van der Waals surface area contributed by atoms with Crippen molar-refractivity contribution < 1.29 is 19.4 Å². The van der Waals surface area contributed by atoms with E-state index in [1.54, 1.807) is 24.3 Å². The Bertz CT molecular complexity index is 496. The molecule has 0 atom stereocenters. The second-order valence-corrected chi connectivity index (χ2v) is 7.17. The number of benzene rings is 1. The number of ether oxygens (including phenoxy) is 1. The molecule has 0 aliphatic heterocycles. The van der Waals surface area contributed by atoms with E-state index in [0.29, 0.717) is 13.0 Å². The minimum Gasteiger partial charge on any atom is -0.494 e. The highest BCUT2D eigenvalue weighted by Gasteiger charge is 2.02. The lowest BCUT2D eigenvalue weighted by Crippen LogP contribution is -1.99. The Hall–Kier alpha value is -1.84. The van der Waals surface area contributed by atoms with Crippen LogP contribution in [0.2, 0.25) is 0 Å². The molecule has 0 aliphatic rings. The van der Waals surface area contributed by atoms with Gasteiger partial charge in [-0.15, -0.1) is 0 Å². The van der Waals surface area contributed by atoms with E-state index in [-0.39, 0.29) is 5.56 Å². The minimum atomic E-state index is -0.911. The van der Waals surface area contributed by atoms with Gasteiger partial charge in [0.25, 0.3) is 0 Å². The fourth-order valence-electron chi connectivity index (χ4n) is 3.13. The van der Waals surface area contributed by atoms with Gasteiger partial charge in [-0.3, -0.25) is 4.79 Å². The second-order valence-electron chi connectivity index (χ2n) is 7.17. The maximum atomic E-state index is 10.8. The molecule has 1 aromatic carbocycles. The van der Waals surface area contributed by atoms with Crippen molar-refractivity contribution >= 4 is 12.3 Å². The average Bonchev–Trinajstić information content (AvgIpc) is 2.68. The van der Waals surface area contributed by atoms with Crippen LogP contribution < -0.4 is 4.74 Å². The van der Waals surface area contributed by atoms with Crippen molar-refractivity contribution in [3.05, 3.63) is 29.8 Å². The molecule has 4 heteroatoms. The summed E-state index contributed by atoms with van der Waals surface area (Å²) in [4.78, 5) is 20.9. The molecular weight excluding hydrogens is 340 g/mol. The van der Waals surface area contributed by atoms with Crippen molar-refractivity contribution in [2.45, 2.75) is 89.9 Å². The fraction of sp³-hybridized carbons (Fsp3) is 0.652. The standard InChI is InChI=1S/C23H35O4/c24-19-13-11-9-7-5-3-1-2-4-6-8-10-12-14-20-27-22-17-15-21(16-18-22)23(25)26/h15-18H,1-14,20H2,(H,25,26). The van der Waals surface area contributed by atoms with E-state index in [1.807, 2.05) is 6.29 Å². The molecule has 0 bridgehead atoms. The topological polar surface area (TPSA) is 63.6 Å². The van der Waals surface area contributed by atoms with Crippen LogP contribution in [-0.2, 0) is 4.79 Å². The van der Waals surface area contributed by atoms with Crippen LogP contribution in [0.5, 0.6) is 5.75 Å². The molecular formula is C23H35O4. The summed E-state index contributed by atoms with van der Waals surface area (Å²) in [6.07, 6.45) is 18.8. The van der Waals surface area contributed by atoms with Crippen LogP contribution in [0.4, 0.5) is 0 Å². The van der Waals surface area contributed by atoms with Crippen LogP contribution in [0.1, 0.15) is 100 Å². The number of hydrogen-bond donors (Lipinski definition) is 1. The first-order valence-electron chi connectivity index (χ1n) is 10.5. The molecule has 151 valence electrons. The Balaban J connectivity index is 1.81. The van der Waals surface area contributed by atoms with Crippen LogP contribution in [-0.4, -0.2) is 24.0 Å². The number of carboxylic acids is 1. The van der Waals surface area contributed by atoms with Crippen LogP contribution >= 0.6 is 0 Å². The van der Waals surface area contributed by atoms with Crippen molar-refractivity contribution in [3.63, 3.8) is 0 Å². The lowest BCUT2D eigenvalue weighted by Gasteiger charge is -2.06. The van der Waals surface area contributed by atoms with Gasteiger partial charge in [0.15, 0.2) is 6.29 Å². The van der Waals surface area contributed by atoms with Gasteiger partial charge in [0, 0.05) is 6.42 Å². The van der Waals surface area contributed by atoms with Gasteiger partial charge in [0.2, 0.25) is 0 Å². The van der Waals surface area contributed by atoms with E-state index < -0.39 is 5.97 Å². The number of rotatable bonds is 18. The summed E-state index contributed by atoms with van der Waals surface area (Å²) in [5.41, 5.74) is 0.288. The van der Waals surface area contributed by atoms with Gasteiger partial charge >= 0.3 is 5.97 Å². The summed E-state index contributed by atoms with van der Waals surface area (Å²) in [6.45, 7) is 0.692. The summed E-state index contributed by atoms with van der Waals surface area (Å²) in [7, 11) is 0. The minimum absolute atomic E-state index is 0.288. The SMILES string of the molecule is O=[C]CCCCCCCCCCCCCCCOc1ccc(C(=O)O)cc1. The van der Waals surface area contributed by atoms with Gasteiger partial charge in [0.1, 0.15) is 5.75 Å². The first-order valence-corrected chi connectivity index (χ1v) is 10.5. The van der Waals surface area contributed by atoms with E-state index in [2.05, 4.69) is 0 Å². The molecule has 27 heavy (non-hydrogen) atoms. The van der Waals surface area contributed by atoms with Crippen LogP contribution in [0, 0.1) is 0 Å². The predicted molar refractivity (Wildman–Crippen MR) is 109 cm³/mol. The number of carboxylic acid groups (broad SMARTS) is 1. The molecule has 0 unspecified atom stereocenters. The number of unbranched alkanes of at least 4 members (excludes halogenated alkanes) is 13. The van der Waals surface area contributed by atoms with E-state index in [1.165, 1.54) is 70.6 Å². The Morgan fingerprint density at radius 3 is 1.63 bits per heavy atom. The molecule has 0 saturated heterocycles. The zero-order valence-electron chi connectivity index (χ0n) is 16.6. The second kappa shape index (κ2) is 16.3. The Kier molecular flexibility index (Phi) is 14.0. The zero-order valence-corrected chi connectivity index (χ0v) is 16.6. The first kappa shape index (κ1) is 23.2. The molecule has 4 nitrogen and oxygen atoms in total. The third-order valence-electron chi connectivity index (χ3n) is 4.79. The van der Waals surface area contributed by atoms with Gasteiger partial charge < -0.3 is 9.84 Å². The normalized spacial score (nSPS) is 10.7. The van der Waals surface area contributed by atoms with E-state index in [9.17, 15) is 9.59 Å². The van der Waals surface area contributed by atoms with E-state index in [4.69, 9.17) is 9.84 Å². The molecule has 0 saturated carbocycles. The van der Waals surface area contributed by atoms with Gasteiger partial charge in [0.05, 0.1) is 12.2 Å². The number of carbonyl (C=O) groups excluding carboxylic acids is 1. The third-order valence-corrected chi connectivity index (χ3v) is 4.79. The summed E-state index contributed by atoms with van der Waals surface area (Å²) in [6, 6.07) is 6.58. The van der Waals surface area contributed by atoms with Crippen molar-refractivity contribution in [3.8, 4) is 5.75 Å². The fourth-order valence-corrected chi connectivity index (χ4v) is 3.13. The van der Waals surface area contributed by atoms with Crippen LogP contribution in [0.3, 0.4) is 0 Å². The number of carbonyl (C=O) groups is 1. The first-order chi connectivity index (χ1) is 13.2. The van der Waals surface area contributed by atoms with Crippen LogP contribution in [0.15, 0.2) is 24.3 Å². The Morgan fingerprint density at radius 1 is 0.741 bits per heavy atom. The molecule has 1 radical (unpaired) electrons. The van der Waals surface area contributed by atoms with Crippen molar-refractivity contribution in [2.24, 2.45) is 0 Å². The zero-order chi connectivity index (χ0) is 19.6. The number of hydrogen-bond acceptors (Lipinski definition) is 3.